The van der Waals surface area contributed by atoms with Crippen LogP contribution in [-0.2, 0) is 9.53 Å². The van der Waals surface area contributed by atoms with Gasteiger partial charge in [-0.25, -0.2) is 4.79 Å². The summed E-state index contributed by atoms with van der Waals surface area (Å²) >= 11 is 0. The number of aromatic amines is 1. The van der Waals surface area contributed by atoms with Gasteiger partial charge in [-0.2, -0.15) is 0 Å². The Morgan fingerprint density at radius 2 is 2.29 bits per heavy atom. The molecular weight excluding hydrogens is 220 g/mol. The average Bonchev–Trinajstić information content (AvgIpc) is 2.73. The van der Waals surface area contributed by atoms with Crippen LogP contribution in [0.3, 0.4) is 0 Å². The van der Waals surface area contributed by atoms with Crippen molar-refractivity contribution in [2.24, 2.45) is 0 Å². The molecule has 17 heavy (non-hydrogen) atoms. The number of aromatic nitrogens is 1. The molecule has 88 valence electrons. The Kier molecular flexibility index (Phi) is 3.09. The molecule has 2 aromatic rings. The minimum atomic E-state index is -0.381. The van der Waals surface area contributed by atoms with Crippen LogP contribution >= 0.6 is 0 Å². The molecule has 5 heteroatoms. The Labute approximate surface area is 97.8 Å². The largest absolute Gasteiger partial charge is 0.461 e. The van der Waals surface area contributed by atoms with Crippen LogP contribution in [0.5, 0.6) is 0 Å². The second-order valence-electron chi connectivity index (χ2n) is 3.47. The number of carbonyl (C=O) groups is 2. The summed E-state index contributed by atoms with van der Waals surface area (Å²) < 4.78 is 4.89. The monoisotopic (exact) mass is 232 g/mol. The van der Waals surface area contributed by atoms with E-state index in [1.54, 1.807) is 31.2 Å². The van der Waals surface area contributed by atoms with Crippen molar-refractivity contribution in [3.63, 3.8) is 0 Å². The molecule has 0 radical (unpaired) electrons. The van der Waals surface area contributed by atoms with Crippen LogP contribution in [0.15, 0.2) is 24.3 Å². The van der Waals surface area contributed by atoms with Gasteiger partial charge in [0.2, 0.25) is 6.41 Å². The molecule has 0 spiro atoms. The first kappa shape index (κ1) is 11.2. The van der Waals surface area contributed by atoms with Crippen LogP contribution in [-0.4, -0.2) is 24.0 Å². The van der Waals surface area contributed by atoms with E-state index in [1.807, 2.05) is 0 Å². The lowest BCUT2D eigenvalue weighted by atomic mass is 10.2. The van der Waals surface area contributed by atoms with E-state index < -0.39 is 0 Å². The lowest BCUT2D eigenvalue weighted by molar-refractivity contribution is -0.105. The highest BCUT2D eigenvalue weighted by Crippen LogP contribution is 2.20. The van der Waals surface area contributed by atoms with Gasteiger partial charge in [0, 0.05) is 16.6 Å². The van der Waals surface area contributed by atoms with Crippen molar-refractivity contribution >= 4 is 29.0 Å². The van der Waals surface area contributed by atoms with Gasteiger partial charge in [0.05, 0.1) is 6.61 Å². The quantitative estimate of drug-likeness (QED) is 0.624. The van der Waals surface area contributed by atoms with Crippen molar-refractivity contribution in [3.8, 4) is 0 Å². The lowest BCUT2D eigenvalue weighted by Gasteiger charge is -1.97. The van der Waals surface area contributed by atoms with Crippen LogP contribution in [0, 0.1) is 0 Å². The highest BCUT2D eigenvalue weighted by molar-refractivity contribution is 5.96. The SMILES string of the molecule is CCOC(=O)c1cc2cc(NC=O)ccc2[nH]1. The summed E-state index contributed by atoms with van der Waals surface area (Å²) in [5.41, 5.74) is 1.91. The first-order valence-corrected chi connectivity index (χ1v) is 5.24. The highest BCUT2D eigenvalue weighted by atomic mass is 16.5. The van der Waals surface area contributed by atoms with Crippen molar-refractivity contribution in [2.75, 3.05) is 11.9 Å². The lowest BCUT2D eigenvalue weighted by Crippen LogP contribution is -2.04. The number of fused-ring (bicyclic) bond motifs is 1. The van der Waals surface area contributed by atoms with E-state index in [0.717, 1.165) is 10.9 Å². The number of amides is 1. The van der Waals surface area contributed by atoms with Gasteiger partial charge in [-0.15, -0.1) is 0 Å². The second kappa shape index (κ2) is 4.69. The molecule has 0 atom stereocenters. The molecule has 1 heterocycles. The average molecular weight is 232 g/mol. The number of nitrogens with one attached hydrogen (secondary N) is 2. The van der Waals surface area contributed by atoms with Gasteiger partial charge in [0.1, 0.15) is 5.69 Å². The molecule has 0 aliphatic carbocycles. The maximum atomic E-state index is 11.5. The second-order valence-corrected chi connectivity index (χ2v) is 3.47. The zero-order chi connectivity index (χ0) is 12.3. The normalized spacial score (nSPS) is 10.2. The number of carbonyl (C=O) groups excluding carboxylic acids is 2. The van der Waals surface area contributed by atoms with Crippen LogP contribution in [0.4, 0.5) is 5.69 Å². The standard InChI is InChI=1S/C12H12N2O3/c1-2-17-12(16)11-6-8-5-9(13-7-15)3-4-10(8)14-11/h3-7,14H,2H2,1H3,(H,13,15). The van der Waals surface area contributed by atoms with Crippen LogP contribution in [0.2, 0.25) is 0 Å². The molecule has 0 aliphatic rings. The number of benzene rings is 1. The molecule has 0 aliphatic heterocycles. The molecule has 2 N–H and O–H groups in total. The number of hydrogen-bond donors (Lipinski definition) is 2. The van der Waals surface area contributed by atoms with Gasteiger partial charge in [0.15, 0.2) is 0 Å². The summed E-state index contributed by atoms with van der Waals surface area (Å²) in [6.07, 6.45) is 0.611. The first-order chi connectivity index (χ1) is 8.24. The molecule has 0 saturated carbocycles. The van der Waals surface area contributed by atoms with Gasteiger partial charge >= 0.3 is 5.97 Å². The maximum Gasteiger partial charge on any atom is 0.354 e. The fraction of sp³-hybridized carbons (Fsp3) is 0.167. The van der Waals surface area contributed by atoms with Crippen molar-refractivity contribution in [2.45, 2.75) is 6.92 Å². The fourth-order valence-corrected chi connectivity index (χ4v) is 1.61. The Bertz CT molecular complexity index is 560. The number of anilines is 1. The molecule has 5 nitrogen and oxygen atoms in total. The molecule has 0 saturated heterocycles. The third-order valence-corrected chi connectivity index (χ3v) is 2.34. The Hall–Kier alpha value is -2.30. The summed E-state index contributed by atoms with van der Waals surface area (Å²) in [4.78, 5) is 24.8. The topological polar surface area (TPSA) is 71.2 Å². The molecule has 1 aromatic heterocycles. The highest BCUT2D eigenvalue weighted by Gasteiger charge is 2.10. The number of hydrogen-bond acceptors (Lipinski definition) is 3. The van der Waals surface area contributed by atoms with E-state index in [2.05, 4.69) is 10.3 Å². The van der Waals surface area contributed by atoms with Gasteiger partial charge in [-0.1, -0.05) is 0 Å². The van der Waals surface area contributed by atoms with Crippen LogP contribution < -0.4 is 5.32 Å². The zero-order valence-electron chi connectivity index (χ0n) is 9.32. The molecule has 1 amide bonds. The van der Waals surface area contributed by atoms with Gasteiger partial charge in [-0.05, 0) is 31.2 Å². The molecule has 2 rings (SSSR count). The van der Waals surface area contributed by atoms with Crippen LogP contribution in [0.1, 0.15) is 17.4 Å². The fourth-order valence-electron chi connectivity index (χ4n) is 1.61. The van der Waals surface area contributed by atoms with E-state index in [-0.39, 0.29) is 5.97 Å². The molecule has 0 fully saturated rings. The Morgan fingerprint density at radius 3 is 3.00 bits per heavy atom. The summed E-state index contributed by atoms with van der Waals surface area (Å²) in [5, 5.41) is 3.40. The number of H-pyrrole nitrogens is 1. The summed E-state index contributed by atoms with van der Waals surface area (Å²) in [6.45, 7) is 2.10. The smallest absolute Gasteiger partial charge is 0.354 e. The van der Waals surface area contributed by atoms with E-state index in [0.29, 0.717) is 24.4 Å². The van der Waals surface area contributed by atoms with Crippen LogP contribution in [0.25, 0.3) is 10.9 Å². The minimum absolute atomic E-state index is 0.339. The number of ether oxygens (including phenoxy) is 1. The molecule has 1 aromatic carbocycles. The number of esters is 1. The van der Waals surface area contributed by atoms with E-state index in [9.17, 15) is 9.59 Å². The zero-order valence-corrected chi connectivity index (χ0v) is 9.32. The minimum Gasteiger partial charge on any atom is -0.461 e. The summed E-state index contributed by atoms with van der Waals surface area (Å²) in [5.74, 6) is -0.381. The van der Waals surface area contributed by atoms with Crippen molar-refractivity contribution < 1.29 is 14.3 Å². The number of rotatable bonds is 4. The van der Waals surface area contributed by atoms with E-state index in [1.165, 1.54) is 0 Å². The molecular formula is C12H12N2O3. The van der Waals surface area contributed by atoms with Crippen molar-refractivity contribution in [1.82, 2.24) is 4.98 Å². The van der Waals surface area contributed by atoms with Gasteiger partial charge < -0.3 is 15.0 Å². The predicted molar refractivity (Wildman–Crippen MR) is 63.9 cm³/mol. The third-order valence-electron chi connectivity index (χ3n) is 2.34. The van der Waals surface area contributed by atoms with E-state index >= 15 is 0 Å². The summed E-state index contributed by atoms with van der Waals surface area (Å²) in [7, 11) is 0. The summed E-state index contributed by atoms with van der Waals surface area (Å²) in [6, 6.07) is 7.03. The maximum absolute atomic E-state index is 11.5. The molecule has 0 bridgehead atoms. The predicted octanol–water partition coefficient (Wildman–Crippen LogP) is 1.91. The Morgan fingerprint density at radius 1 is 1.47 bits per heavy atom. The Balaban J connectivity index is 2.36. The van der Waals surface area contributed by atoms with Crippen molar-refractivity contribution in [1.29, 1.82) is 0 Å². The van der Waals surface area contributed by atoms with Gasteiger partial charge in [0.25, 0.3) is 0 Å². The first-order valence-electron chi connectivity index (χ1n) is 5.24. The third kappa shape index (κ3) is 2.28. The van der Waals surface area contributed by atoms with Gasteiger partial charge in [-0.3, -0.25) is 4.79 Å². The molecule has 0 unspecified atom stereocenters. The van der Waals surface area contributed by atoms with Crippen molar-refractivity contribution in [3.05, 3.63) is 30.0 Å². The van der Waals surface area contributed by atoms with E-state index in [4.69, 9.17) is 4.74 Å².